The molecule has 2 aliphatic heterocycles. The number of rotatable bonds is 13. The molecule has 3 fully saturated rings. The van der Waals surface area contributed by atoms with E-state index in [0.717, 1.165) is 21.9 Å². The molecule has 6 rings (SSSR count). The van der Waals surface area contributed by atoms with E-state index in [2.05, 4.69) is 4.98 Å². The Balaban J connectivity index is 1.28. The predicted octanol–water partition coefficient (Wildman–Crippen LogP) is 3.90. The molecule has 0 radical (unpaired) electrons. The van der Waals surface area contributed by atoms with Crippen molar-refractivity contribution in [2.45, 2.75) is 62.1 Å². The first-order valence-corrected chi connectivity index (χ1v) is 16.9. The fraction of sp³-hybridized carbons (Fsp3) is 0.581. The molecule has 13 heteroatoms. The number of aliphatic carboxylic acids is 1. The second-order valence-corrected chi connectivity index (χ2v) is 13.9. The number of carbonyl (C=O) groups excluding carboxylic acids is 3. The van der Waals surface area contributed by atoms with Gasteiger partial charge in [-0.15, -0.1) is 11.8 Å². The Kier molecular flexibility index (Phi) is 8.78. The lowest BCUT2D eigenvalue weighted by molar-refractivity contribution is -0.145. The van der Waals surface area contributed by atoms with Crippen LogP contribution in [-0.4, -0.2) is 70.4 Å². The highest BCUT2D eigenvalue weighted by atomic mass is 32.2. The molecule has 2 aromatic rings. The largest absolute Gasteiger partial charge is 0.490 e. The van der Waals surface area contributed by atoms with Gasteiger partial charge in [-0.05, 0) is 68.6 Å². The third-order valence-corrected chi connectivity index (χ3v) is 12.0. The van der Waals surface area contributed by atoms with E-state index in [4.69, 9.17) is 19.3 Å². The minimum atomic E-state index is -0.846. The van der Waals surface area contributed by atoms with Crippen molar-refractivity contribution in [1.29, 1.82) is 0 Å². The molecule has 1 aromatic carbocycles. The van der Waals surface area contributed by atoms with Crippen molar-refractivity contribution in [2.24, 2.45) is 29.6 Å². The number of nitrogens with one attached hydrogen (secondary N) is 1. The van der Waals surface area contributed by atoms with Crippen LogP contribution in [0.5, 0.6) is 11.5 Å². The number of benzene rings is 1. The predicted molar refractivity (Wildman–Crippen MR) is 161 cm³/mol. The number of ether oxygens (including phenoxy) is 3. The molecule has 0 spiro atoms. The van der Waals surface area contributed by atoms with Gasteiger partial charge in [-0.25, -0.2) is 4.79 Å². The molecule has 3 heterocycles. The third-order valence-electron chi connectivity index (χ3n) is 9.37. The molecule has 2 amide bonds. The number of aromatic amines is 1. The summed E-state index contributed by atoms with van der Waals surface area (Å²) in [5, 5.41) is 9.78. The first-order valence-electron chi connectivity index (χ1n) is 15.2. The summed E-state index contributed by atoms with van der Waals surface area (Å²) in [6, 6.07) is 5.62. The van der Waals surface area contributed by atoms with E-state index in [9.17, 15) is 24.0 Å². The Labute approximate surface area is 262 Å². The maximum atomic E-state index is 13.8. The maximum absolute atomic E-state index is 13.8. The summed E-state index contributed by atoms with van der Waals surface area (Å²) in [5.74, 6) is -1.51. The van der Waals surface area contributed by atoms with Gasteiger partial charge in [-0.2, -0.15) is 0 Å². The highest BCUT2D eigenvalue weighted by molar-refractivity contribution is 8.00. The minimum Gasteiger partial charge on any atom is -0.490 e. The van der Waals surface area contributed by atoms with Crippen LogP contribution in [0.3, 0.4) is 0 Å². The number of H-pyrrole nitrogens is 1. The topological polar surface area (TPSA) is 152 Å². The van der Waals surface area contributed by atoms with Gasteiger partial charge in [0.15, 0.2) is 18.1 Å². The molecule has 2 saturated carbocycles. The number of carbonyl (C=O) groups is 4. The number of fused-ring (bicyclic) bond motifs is 9. The van der Waals surface area contributed by atoms with Gasteiger partial charge in [0.1, 0.15) is 0 Å². The Morgan fingerprint density at radius 1 is 1.00 bits per heavy atom. The molecule has 6 unspecified atom stereocenters. The summed E-state index contributed by atoms with van der Waals surface area (Å²) in [5.41, 5.74) is 0.930. The van der Waals surface area contributed by atoms with Gasteiger partial charge in [0.2, 0.25) is 11.8 Å². The van der Waals surface area contributed by atoms with Crippen LogP contribution in [0.15, 0.2) is 28.0 Å². The van der Waals surface area contributed by atoms with Crippen LogP contribution in [0, 0.1) is 29.6 Å². The molecule has 2 aliphatic carbocycles. The molecule has 2 bridgehead atoms. The lowest BCUT2D eigenvalue weighted by Gasteiger charge is -2.43. The van der Waals surface area contributed by atoms with E-state index < -0.39 is 11.9 Å². The fourth-order valence-corrected chi connectivity index (χ4v) is 10.7. The molecule has 11 nitrogen and oxygen atoms in total. The van der Waals surface area contributed by atoms with E-state index in [1.54, 1.807) is 24.8 Å². The van der Waals surface area contributed by atoms with Crippen LogP contribution in [0.4, 0.5) is 0 Å². The number of hydrogen-bond donors (Lipinski definition) is 2. The molecule has 4 aliphatic rings. The van der Waals surface area contributed by atoms with Crippen molar-refractivity contribution in [3.8, 4) is 11.5 Å². The number of carboxylic acids is 1. The van der Waals surface area contributed by atoms with Crippen molar-refractivity contribution in [1.82, 2.24) is 9.88 Å². The summed E-state index contributed by atoms with van der Waals surface area (Å²) in [4.78, 5) is 68.0. The normalized spacial score (nSPS) is 28.0. The summed E-state index contributed by atoms with van der Waals surface area (Å²) in [7, 11) is 0. The highest BCUT2D eigenvalue weighted by Crippen LogP contribution is 2.68. The Morgan fingerprint density at radius 2 is 1.77 bits per heavy atom. The van der Waals surface area contributed by atoms with Crippen LogP contribution in [0.25, 0.3) is 0 Å². The van der Waals surface area contributed by atoms with Crippen molar-refractivity contribution < 1.29 is 38.5 Å². The second kappa shape index (κ2) is 12.6. The molecule has 1 aromatic heterocycles. The van der Waals surface area contributed by atoms with E-state index in [1.165, 1.54) is 16.2 Å². The number of amides is 2. The summed E-state index contributed by atoms with van der Waals surface area (Å²) in [6.07, 6.45) is 2.62. The van der Waals surface area contributed by atoms with Gasteiger partial charge >= 0.3 is 16.8 Å². The van der Waals surface area contributed by atoms with E-state index in [0.29, 0.717) is 43.9 Å². The fourth-order valence-electron chi connectivity index (χ4n) is 7.84. The number of thiazole rings is 1. The second-order valence-electron chi connectivity index (χ2n) is 11.7. The average molecular weight is 645 g/mol. The average Bonchev–Trinajstić information content (AvgIpc) is 3.72. The number of thioether (sulfide) groups is 1. The standard InChI is InChI=1S/C31H36N2O9S2/c1-3-40-19-12-15(9-10-18(19)42-14-21(36)41-4-2)22-23-16-13-17(26(23)43-28-27(22)44-31(39)32-28)25-24(16)29(37)33(30(25)38)11-7-5-6-8-20(34)35/h9-10,12,16-17,22-26H,3-8,11,13-14H2,1-2H3,(H,32,39)(H,34,35)/t16?,17?,22-,23?,24?,25?,26?/m1/s1. The quantitative estimate of drug-likeness (QED) is 0.187. The first-order chi connectivity index (χ1) is 21.2. The van der Waals surface area contributed by atoms with Crippen molar-refractivity contribution >= 4 is 46.9 Å². The van der Waals surface area contributed by atoms with Gasteiger partial charge in [0.25, 0.3) is 0 Å². The summed E-state index contributed by atoms with van der Waals surface area (Å²) < 4.78 is 16.6. The maximum Gasteiger partial charge on any atom is 0.344 e. The Hall–Kier alpha value is -3.32. The van der Waals surface area contributed by atoms with Gasteiger partial charge in [-0.3, -0.25) is 24.1 Å². The Bertz CT molecular complexity index is 1520. The van der Waals surface area contributed by atoms with E-state index in [1.807, 2.05) is 19.1 Å². The zero-order valence-corrected chi connectivity index (χ0v) is 26.2. The highest BCUT2D eigenvalue weighted by Gasteiger charge is 2.69. The van der Waals surface area contributed by atoms with Gasteiger partial charge in [-0.1, -0.05) is 23.8 Å². The smallest absolute Gasteiger partial charge is 0.344 e. The molecule has 44 heavy (non-hydrogen) atoms. The number of esters is 1. The number of unbranched alkanes of at least 4 members (excludes halogenated alkanes) is 2. The molecule has 7 atom stereocenters. The molecule has 1 saturated heterocycles. The molecule has 2 N–H and O–H groups in total. The molecular formula is C31H36N2O9S2. The number of aromatic nitrogens is 1. The summed E-state index contributed by atoms with van der Waals surface area (Å²) >= 11 is 2.82. The van der Waals surface area contributed by atoms with Crippen LogP contribution in [0.1, 0.15) is 62.3 Å². The van der Waals surface area contributed by atoms with Gasteiger partial charge in [0, 0.05) is 29.0 Å². The number of hydrogen-bond acceptors (Lipinski definition) is 10. The van der Waals surface area contributed by atoms with E-state index in [-0.39, 0.29) is 77.1 Å². The number of imide groups is 1. The molecule has 236 valence electrons. The number of nitrogens with zero attached hydrogens (tertiary/aromatic N) is 1. The monoisotopic (exact) mass is 644 g/mol. The Morgan fingerprint density at radius 3 is 2.50 bits per heavy atom. The SMILES string of the molecule is CCOC(=O)COc1ccc([C@H]2c3sc(=O)[nH]c3SC3C4CC(C5C(=O)N(CCCCCC(=O)O)C(=O)C45)C32)cc1OCC. The van der Waals surface area contributed by atoms with Crippen LogP contribution in [0.2, 0.25) is 0 Å². The van der Waals surface area contributed by atoms with Gasteiger partial charge < -0.3 is 24.3 Å². The lowest BCUT2D eigenvalue weighted by Crippen LogP contribution is -2.42. The number of carboxylic acid groups (broad SMARTS) is 1. The van der Waals surface area contributed by atoms with Crippen molar-refractivity contribution in [2.75, 3.05) is 26.4 Å². The van der Waals surface area contributed by atoms with Crippen LogP contribution in [-0.2, 0) is 23.9 Å². The lowest BCUT2D eigenvalue weighted by atomic mass is 9.68. The van der Waals surface area contributed by atoms with Crippen molar-refractivity contribution in [3.05, 3.63) is 38.3 Å². The zero-order chi connectivity index (χ0) is 31.1. The zero-order valence-electron chi connectivity index (χ0n) is 24.6. The van der Waals surface area contributed by atoms with E-state index >= 15 is 0 Å². The van der Waals surface area contributed by atoms with Gasteiger partial charge in [0.05, 0.1) is 30.1 Å². The number of likely N-dealkylation sites (tertiary alicyclic amines) is 1. The van der Waals surface area contributed by atoms with Crippen LogP contribution >= 0.6 is 23.1 Å². The first kappa shape index (κ1) is 30.7. The molecular weight excluding hydrogens is 608 g/mol. The van der Waals surface area contributed by atoms with Crippen molar-refractivity contribution in [3.63, 3.8) is 0 Å². The third kappa shape index (κ3) is 5.42. The van der Waals surface area contributed by atoms with Crippen LogP contribution < -0.4 is 14.3 Å². The minimum absolute atomic E-state index is 0.0124. The summed E-state index contributed by atoms with van der Waals surface area (Å²) in [6.45, 7) is 4.30.